The van der Waals surface area contributed by atoms with Crippen molar-refractivity contribution in [1.82, 2.24) is 5.32 Å². The van der Waals surface area contributed by atoms with Crippen molar-refractivity contribution in [3.05, 3.63) is 48.0 Å². The van der Waals surface area contributed by atoms with Crippen molar-refractivity contribution in [3.8, 4) is 0 Å². The maximum Gasteiger partial charge on any atom is 0.273 e. The summed E-state index contributed by atoms with van der Waals surface area (Å²) < 4.78 is -1.99. The fourth-order valence-corrected chi connectivity index (χ4v) is 1.59. The molecule has 0 spiro atoms. The molecule has 0 aliphatic carbocycles. The Bertz CT molecular complexity index is 450. The third kappa shape index (κ3) is 3.64. The third-order valence-electron chi connectivity index (χ3n) is 2.69. The van der Waals surface area contributed by atoms with Crippen LogP contribution in [0.2, 0.25) is 0 Å². The van der Waals surface area contributed by atoms with Crippen molar-refractivity contribution in [2.45, 2.75) is 23.2 Å². The number of carbonyl (C=O) groups excluding carboxylic acids is 1. The zero-order valence-electron chi connectivity index (χ0n) is 10.1. The van der Waals surface area contributed by atoms with E-state index < -0.39 is 15.2 Å². The van der Waals surface area contributed by atoms with E-state index in [9.17, 15) is 4.79 Å². The molecule has 0 saturated carbocycles. The van der Waals surface area contributed by atoms with Crippen LogP contribution in [0.25, 0.3) is 0 Å². The highest BCUT2D eigenvalue weighted by atomic mass is 35.6. The molecule has 1 unspecified atom stereocenters. The van der Waals surface area contributed by atoms with Gasteiger partial charge in [0.25, 0.3) is 9.70 Å². The van der Waals surface area contributed by atoms with E-state index in [4.69, 9.17) is 34.8 Å². The lowest BCUT2D eigenvalue weighted by molar-refractivity contribution is -0.121. The molecule has 1 N–H and O–H groups in total. The molecule has 1 aromatic carbocycles. The van der Waals surface area contributed by atoms with Crippen LogP contribution in [0.1, 0.15) is 18.1 Å². The molecule has 5 heteroatoms. The SMILES string of the molecule is C=CC(C)(NC(=O)C(Cl)(Cl)Cl)c1ccc(C)cc1. The molecule has 1 amide bonds. The molecule has 0 heterocycles. The summed E-state index contributed by atoms with van der Waals surface area (Å²) in [6, 6.07) is 7.68. The molecular weight excluding hydrogens is 293 g/mol. The first-order valence-electron chi connectivity index (χ1n) is 5.29. The van der Waals surface area contributed by atoms with Gasteiger partial charge in [-0.15, -0.1) is 6.58 Å². The number of rotatable bonds is 3. The molecular formula is C13H14Cl3NO. The van der Waals surface area contributed by atoms with Crippen molar-refractivity contribution in [3.63, 3.8) is 0 Å². The number of nitrogens with one attached hydrogen (secondary N) is 1. The van der Waals surface area contributed by atoms with Gasteiger partial charge in [0.05, 0.1) is 5.54 Å². The van der Waals surface area contributed by atoms with Gasteiger partial charge >= 0.3 is 0 Å². The topological polar surface area (TPSA) is 29.1 Å². The quantitative estimate of drug-likeness (QED) is 0.666. The van der Waals surface area contributed by atoms with Gasteiger partial charge in [-0.3, -0.25) is 4.79 Å². The van der Waals surface area contributed by atoms with Gasteiger partial charge in [-0.05, 0) is 19.4 Å². The summed E-state index contributed by atoms with van der Waals surface area (Å²) in [5, 5.41) is 2.67. The zero-order chi connectivity index (χ0) is 14.0. The number of halogens is 3. The lowest BCUT2D eigenvalue weighted by Gasteiger charge is -2.29. The number of aryl methyl sites for hydroxylation is 1. The number of benzene rings is 1. The predicted molar refractivity (Wildman–Crippen MR) is 77.2 cm³/mol. The third-order valence-corrected chi connectivity index (χ3v) is 3.21. The van der Waals surface area contributed by atoms with E-state index in [0.29, 0.717) is 0 Å². The van der Waals surface area contributed by atoms with Gasteiger partial charge in [0, 0.05) is 0 Å². The van der Waals surface area contributed by atoms with Crippen LogP contribution in [0.5, 0.6) is 0 Å². The first-order chi connectivity index (χ1) is 8.19. The molecule has 1 rings (SSSR count). The standard InChI is InChI=1S/C13H14Cl3NO/c1-4-12(3,17-11(18)13(14,15)16)10-7-5-9(2)6-8-10/h4-8H,1H2,2-3H3,(H,17,18). The first-order valence-corrected chi connectivity index (χ1v) is 6.42. The Morgan fingerprint density at radius 3 is 2.17 bits per heavy atom. The first kappa shape index (κ1) is 15.4. The van der Waals surface area contributed by atoms with Crippen LogP contribution < -0.4 is 5.32 Å². The maximum atomic E-state index is 11.7. The van der Waals surface area contributed by atoms with E-state index in [1.165, 1.54) is 0 Å². The van der Waals surface area contributed by atoms with Crippen LogP contribution in [-0.2, 0) is 10.3 Å². The molecule has 0 aliphatic rings. The van der Waals surface area contributed by atoms with E-state index in [2.05, 4.69) is 11.9 Å². The van der Waals surface area contributed by atoms with Crippen molar-refractivity contribution in [2.75, 3.05) is 0 Å². The Balaban J connectivity index is 3.03. The molecule has 0 bridgehead atoms. The second-order valence-electron chi connectivity index (χ2n) is 4.22. The molecule has 0 radical (unpaired) electrons. The Hall–Kier alpha value is -0.700. The lowest BCUT2D eigenvalue weighted by atomic mass is 9.91. The van der Waals surface area contributed by atoms with Gasteiger partial charge in [0.1, 0.15) is 0 Å². The van der Waals surface area contributed by atoms with Crippen LogP contribution in [0.3, 0.4) is 0 Å². The monoisotopic (exact) mass is 305 g/mol. The highest BCUT2D eigenvalue weighted by molar-refractivity contribution is 6.76. The Kier molecular flexibility index (Phi) is 4.71. The Labute approximate surface area is 122 Å². The average molecular weight is 307 g/mol. The van der Waals surface area contributed by atoms with E-state index in [-0.39, 0.29) is 0 Å². The highest BCUT2D eigenvalue weighted by Gasteiger charge is 2.36. The van der Waals surface area contributed by atoms with Gasteiger partial charge in [-0.25, -0.2) is 0 Å². The van der Waals surface area contributed by atoms with Gasteiger partial charge in [0.15, 0.2) is 0 Å². The van der Waals surface area contributed by atoms with Crippen LogP contribution in [0, 0.1) is 6.92 Å². The zero-order valence-corrected chi connectivity index (χ0v) is 12.4. The van der Waals surface area contributed by atoms with Gasteiger partial charge in [0.2, 0.25) is 0 Å². The van der Waals surface area contributed by atoms with Crippen molar-refractivity contribution in [1.29, 1.82) is 0 Å². The average Bonchev–Trinajstić information content (AvgIpc) is 2.28. The maximum absolute atomic E-state index is 11.7. The summed E-state index contributed by atoms with van der Waals surface area (Å²) in [6.07, 6.45) is 1.60. The van der Waals surface area contributed by atoms with E-state index in [1.54, 1.807) is 13.0 Å². The minimum atomic E-state index is -1.99. The second kappa shape index (κ2) is 5.52. The highest BCUT2D eigenvalue weighted by Crippen LogP contribution is 2.29. The molecule has 1 atom stereocenters. The van der Waals surface area contributed by atoms with E-state index in [0.717, 1.165) is 11.1 Å². The summed E-state index contributed by atoms with van der Waals surface area (Å²) in [5.41, 5.74) is 1.21. The molecule has 1 aromatic rings. The fourth-order valence-electron chi connectivity index (χ4n) is 1.45. The summed E-state index contributed by atoms with van der Waals surface area (Å²) in [5.74, 6) is -0.685. The van der Waals surface area contributed by atoms with Crippen LogP contribution in [0.4, 0.5) is 0 Å². The summed E-state index contributed by atoms with van der Waals surface area (Å²) in [4.78, 5) is 11.7. The molecule has 18 heavy (non-hydrogen) atoms. The summed E-state index contributed by atoms with van der Waals surface area (Å²) >= 11 is 16.6. The number of hydrogen-bond acceptors (Lipinski definition) is 1. The minimum absolute atomic E-state index is 0.685. The minimum Gasteiger partial charge on any atom is -0.340 e. The smallest absolute Gasteiger partial charge is 0.273 e. The van der Waals surface area contributed by atoms with Crippen molar-refractivity contribution >= 4 is 40.7 Å². The number of carbonyl (C=O) groups is 1. The van der Waals surface area contributed by atoms with Crippen molar-refractivity contribution in [2.24, 2.45) is 0 Å². The largest absolute Gasteiger partial charge is 0.340 e. The Morgan fingerprint density at radius 1 is 1.28 bits per heavy atom. The van der Waals surface area contributed by atoms with Gasteiger partial charge in [-0.2, -0.15) is 0 Å². The fraction of sp³-hybridized carbons (Fsp3) is 0.308. The van der Waals surface area contributed by atoms with E-state index in [1.807, 2.05) is 31.2 Å². The molecule has 0 saturated heterocycles. The molecule has 0 aromatic heterocycles. The van der Waals surface area contributed by atoms with Crippen molar-refractivity contribution < 1.29 is 4.79 Å². The molecule has 98 valence electrons. The summed E-state index contributed by atoms with van der Waals surface area (Å²) in [7, 11) is 0. The van der Waals surface area contributed by atoms with E-state index >= 15 is 0 Å². The lowest BCUT2D eigenvalue weighted by Crippen LogP contribution is -2.46. The molecule has 0 fully saturated rings. The Morgan fingerprint density at radius 2 is 1.78 bits per heavy atom. The van der Waals surface area contributed by atoms with Gasteiger partial charge in [-0.1, -0.05) is 70.7 Å². The second-order valence-corrected chi connectivity index (χ2v) is 6.51. The van der Waals surface area contributed by atoms with Crippen LogP contribution in [-0.4, -0.2) is 9.70 Å². The number of amides is 1. The number of hydrogen-bond donors (Lipinski definition) is 1. The van der Waals surface area contributed by atoms with Crippen LogP contribution >= 0.6 is 34.8 Å². The molecule has 2 nitrogen and oxygen atoms in total. The molecule has 0 aliphatic heterocycles. The number of alkyl halides is 3. The normalized spacial score (nSPS) is 14.7. The summed E-state index contributed by atoms with van der Waals surface area (Å²) in [6.45, 7) is 7.49. The predicted octanol–water partition coefficient (Wildman–Crippen LogP) is 3.88. The van der Waals surface area contributed by atoms with Crippen LogP contribution in [0.15, 0.2) is 36.9 Å². The van der Waals surface area contributed by atoms with Gasteiger partial charge < -0.3 is 5.32 Å².